The van der Waals surface area contributed by atoms with Crippen LogP contribution in [0.4, 0.5) is 5.13 Å². The first-order chi connectivity index (χ1) is 6.83. The molecular weight excluding hydrogens is 198 g/mol. The quantitative estimate of drug-likeness (QED) is 0.780. The number of aliphatic hydroxyl groups is 1. The van der Waals surface area contributed by atoms with Gasteiger partial charge in [0.15, 0.2) is 0 Å². The second kappa shape index (κ2) is 4.23. The molecule has 1 heterocycles. The Morgan fingerprint density at radius 3 is 2.93 bits per heavy atom. The summed E-state index contributed by atoms with van der Waals surface area (Å²) in [7, 11) is 0. The number of hydrogen-bond donors (Lipinski definition) is 2. The fourth-order valence-corrected chi connectivity index (χ4v) is 2.23. The van der Waals surface area contributed by atoms with E-state index in [0.29, 0.717) is 5.92 Å². The van der Waals surface area contributed by atoms with E-state index in [0.717, 1.165) is 16.6 Å². The Kier molecular flexibility index (Phi) is 2.98. The van der Waals surface area contributed by atoms with Gasteiger partial charge in [-0.3, -0.25) is 0 Å². The van der Waals surface area contributed by atoms with E-state index >= 15 is 0 Å². The smallest absolute Gasteiger partial charge is 0.205 e. The minimum absolute atomic E-state index is 0.106. The molecule has 5 heteroatoms. The van der Waals surface area contributed by atoms with Crippen molar-refractivity contribution in [2.45, 2.75) is 38.1 Å². The van der Waals surface area contributed by atoms with Crippen molar-refractivity contribution in [2.75, 3.05) is 11.9 Å². The largest absolute Gasteiger partial charge is 0.394 e. The highest BCUT2D eigenvalue weighted by molar-refractivity contribution is 7.15. The molecule has 1 aromatic rings. The third-order valence-electron chi connectivity index (χ3n) is 2.41. The average Bonchev–Trinajstić information content (AvgIpc) is 2.96. The lowest BCUT2D eigenvalue weighted by Crippen LogP contribution is -2.22. The second-order valence-corrected chi connectivity index (χ2v) is 4.66. The zero-order valence-corrected chi connectivity index (χ0v) is 9.05. The van der Waals surface area contributed by atoms with Crippen LogP contribution in [0.3, 0.4) is 0 Å². The van der Waals surface area contributed by atoms with Crippen LogP contribution in [0.25, 0.3) is 0 Å². The lowest BCUT2D eigenvalue weighted by atomic mass is 10.2. The van der Waals surface area contributed by atoms with Crippen LogP contribution in [-0.2, 0) is 0 Å². The van der Waals surface area contributed by atoms with Crippen LogP contribution in [-0.4, -0.2) is 28.0 Å². The fourth-order valence-electron chi connectivity index (χ4n) is 1.24. The van der Waals surface area contributed by atoms with E-state index in [1.54, 1.807) is 11.3 Å². The molecule has 1 aromatic heterocycles. The lowest BCUT2D eigenvalue weighted by Gasteiger charge is -2.11. The summed E-state index contributed by atoms with van der Waals surface area (Å²) < 4.78 is 0. The first-order valence-electron chi connectivity index (χ1n) is 5.04. The van der Waals surface area contributed by atoms with Crippen LogP contribution in [0.1, 0.15) is 37.1 Å². The molecule has 2 N–H and O–H groups in total. The molecule has 78 valence electrons. The van der Waals surface area contributed by atoms with E-state index in [9.17, 15) is 0 Å². The first-order valence-corrected chi connectivity index (χ1v) is 5.86. The molecule has 0 spiro atoms. The van der Waals surface area contributed by atoms with Gasteiger partial charge in [0.1, 0.15) is 5.01 Å². The lowest BCUT2D eigenvalue weighted by molar-refractivity contribution is 0.272. The van der Waals surface area contributed by atoms with E-state index in [1.807, 2.05) is 6.92 Å². The maximum Gasteiger partial charge on any atom is 0.205 e. The standard InChI is InChI=1S/C9H15N3OS/c1-2-7(5-13)10-9-12-11-8(14-9)6-3-4-6/h6-7,13H,2-5H2,1H3,(H,10,12)/t7-/m0/s1. The van der Waals surface area contributed by atoms with Crippen LogP contribution < -0.4 is 5.32 Å². The van der Waals surface area contributed by atoms with E-state index in [-0.39, 0.29) is 12.6 Å². The van der Waals surface area contributed by atoms with Crippen molar-refractivity contribution in [1.29, 1.82) is 0 Å². The maximum atomic E-state index is 9.01. The SMILES string of the molecule is CC[C@@H](CO)Nc1nnc(C2CC2)s1. The molecule has 14 heavy (non-hydrogen) atoms. The van der Waals surface area contributed by atoms with Gasteiger partial charge >= 0.3 is 0 Å². The molecule has 1 fully saturated rings. The highest BCUT2D eigenvalue weighted by Crippen LogP contribution is 2.42. The number of aliphatic hydroxyl groups excluding tert-OH is 1. The Balaban J connectivity index is 1.94. The minimum atomic E-state index is 0.106. The summed E-state index contributed by atoms with van der Waals surface area (Å²) in [5.41, 5.74) is 0. The number of aromatic nitrogens is 2. The third kappa shape index (κ3) is 2.22. The molecule has 0 saturated heterocycles. The molecule has 0 bridgehead atoms. The summed E-state index contributed by atoms with van der Waals surface area (Å²) >= 11 is 1.62. The van der Waals surface area contributed by atoms with E-state index in [1.165, 1.54) is 12.8 Å². The molecule has 0 unspecified atom stereocenters. The Morgan fingerprint density at radius 2 is 2.36 bits per heavy atom. The summed E-state index contributed by atoms with van der Waals surface area (Å²) in [5, 5.41) is 22.3. The Hall–Kier alpha value is -0.680. The summed E-state index contributed by atoms with van der Waals surface area (Å²) in [4.78, 5) is 0. The molecule has 2 rings (SSSR count). The fraction of sp³-hybridized carbons (Fsp3) is 0.778. The molecule has 0 radical (unpaired) electrons. The molecule has 4 nitrogen and oxygen atoms in total. The van der Waals surface area contributed by atoms with Gasteiger partial charge in [-0.25, -0.2) is 0 Å². The van der Waals surface area contributed by atoms with Gasteiger partial charge in [-0.1, -0.05) is 18.3 Å². The minimum Gasteiger partial charge on any atom is -0.394 e. The highest BCUT2D eigenvalue weighted by atomic mass is 32.1. The predicted molar refractivity (Wildman–Crippen MR) is 56.7 cm³/mol. The van der Waals surface area contributed by atoms with Crippen molar-refractivity contribution >= 4 is 16.5 Å². The van der Waals surface area contributed by atoms with Gasteiger partial charge < -0.3 is 10.4 Å². The summed E-state index contributed by atoms with van der Waals surface area (Å²) in [6.07, 6.45) is 3.41. The Morgan fingerprint density at radius 1 is 1.57 bits per heavy atom. The van der Waals surface area contributed by atoms with Crippen molar-refractivity contribution in [1.82, 2.24) is 10.2 Å². The van der Waals surface area contributed by atoms with Crippen molar-refractivity contribution in [2.24, 2.45) is 0 Å². The number of anilines is 1. The molecule has 0 aromatic carbocycles. The molecule has 1 atom stereocenters. The summed E-state index contributed by atoms with van der Waals surface area (Å²) in [5.74, 6) is 0.664. The van der Waals surface area contributed by atoms with E-state index in [2.05, 4.69) is 15.5 Å². The zero-order chi connectivity index (χ0) is 9.97. The predicted octanol–water partition coefficient (Wildman–Crippen LogP) is 1.60. The number of hydrogen-bond acceptors (Lipinski definition) is 5. The van der Waals surface area contributed by atoms with Gasteiger partial charge in [-0.05, 0) is 19.3 Å². The van der Waals surface area contributed by atoms with Gasteiger partial charge in [0.2, 0.25) is 5.13 Å². The van der Waals surface area contributed by atoms with E-state index in [4.69, 9.17) is 5.11 Å². The Labute approximate surface area is 87.4 Å². The number of rotatable bonds is 5. The monoisotopic (exact) mass is 213 g/mol. The van der Waals surface area contributed by atoms with Gasteiger partial charge in [0.25, 0.3) is 0 Å². The summed E-state index contributed by atoms with van der Waals surface area (Å²) in [6.45, 7) is 2.19. The normalized spacial score (nSPS) is 18.1. The molecule has 0 amide bonds. The third-order valence-corrected chi connectivity index (χ3v) is 3.42. The van der Waals surface area contributed by atoms with Crippen LogP contribution in [0.15, 0.2) is 0 Å². The highest BCUT2D eigenvalue weighted by Gasteiger charge is 2.27. The van der Waals surface area contributed by atoms with Gasteiger partial charge in [0.05, 0.1) is 12.6 Å². The van der Waals surface area contributed by atoms with Crippen molar-refractivity contribution < 1.29 is 5.11 Å². The van der Waals surface area contributed by atoms with Crippen molar-refractivity contribution in [3.05, 3.63) is 5.01 Å². The molecule has 1 aliphatic carbocycles. The van der Waals surface area contributed by atoms with Gasteiger partial charge in [-0.15, -0.1) is 10.2 Å². The molecule has 1 saturated carbocycles. The van der Waals surface area contributed by atoms with Crippen LogP contribution >= 0.6 is 11.3 Å². The van der Waals surface area contributed by atoms with Crippen LogP contribution in [0, 0.1) is 0 Å². The summed E-state index contributed by atoms with van der Waals surface area (Å²) in [6, 6.07) is 0.106. The average molecular weight is 213 g/mol. The van der Waals surface area contributed by atoms with Crippen LogP contribution in [0.5, 0.6) is 0 Å². The molecule has 1 aliphatic rings. The maximum absolute atomic E-state index is 9.01. The number of nitrogens with zero attached hydrogens (tertiary/aromatic N) is 2. The molecular formula is C9H15N3OS. The van der Waals surface area contributed by atoms with Crippen LogP contribution in [0.2, 0.25) is 0 Å². The zero-order valence-electron chi connectivity index (χ0n) is 8.23. The van der Waals surface area contributed by atoms with Gasteiger partial charge in [0, 0.05) is 5.92 Å². The topological polar surface area (TPSA) is 58.0 Å². The van der Waals surface area contributed by atoms with Gasteiger partial charge in [-0.2, -0.15) is 0 Å². The first kappa shape index (κ1) is 9.86. The van der Waals surface area contributed by atoms with Crippen molar-refractivity contribution in [3.8, 4) is 0 Å². The molecule has 0 aliphatic heterocycles. The Bertz CT molecular complexity index is 294. The van der Waals surface area contributed by atoms with E-state index < -0.39 is 0 Å². The van der Waals surface area contributed by atoms with Crippen molar-refractivity contribution in [3.63, 3.8) is 0 Å². The second-order valence-electron chi connectivity index (χ2n) is 3.65. The number of nitrogens with one attached hydrogen (secondary N) is 1.